The minimum Gasteiger partial charge on any atom is -0.459 e. The first-order valence-electron chi connectivity index (χ1n) is 9.27. The van der Waals surface area contributed by atoms with Crippen LogP contribution in [0.4, 0.5) is 5.69 Å². The van der Waals surface area contributed by atoms with Crippen molar-refractivity contribution in [1.82, 2.24) is 5.32 Å². The highest BCUT2D eigenvalue weighted by molar-refractivity contribution is 5.95. The monoisotopic (exact) mass is 362 g/mol. The quantitative estimate of drug-likeness (QED) is 0.747. The van der Waals surface area contributed by atoms with Gasteiger partial charge < -0.3 is 14.6 Å². The molecule has 1 saturated heterocycles. The summed E-state index contributed by atoms with van der Waals surface area (Å²) < 4.78 is 5.81. The molecule has 2 aromatic carbocycles. The van der Waals surface area contributed by atoms with E-state index < -0.39 is 0 Å². The lowest BCUT2D eigenvalue weighted by molar-refractivity contribution is -0.121. The van der Waals surface area contributed by atoms with Gasteiger partial charge in [0.1, 0.15) is 11.3 Å². The molecule has 1 fully saturated rings. The Balaban J connectivity index is 1.37. The standard InChI is InChI=1S/C22H22N2O3/c1-15(20-14-17-5-2-3-6-19(17)27-20)23-21(25)13-16-8-10-18(11-9-16)24-12-4-7-22(24)26/h2-3,5-6,8-11,14-15H,4,7,12-13H2,1H3,(H,23,25). The third-order valence-electron chi connectivity index (χ3n) is 4.93. The summed E-state index contributed by atoms with van der Waals surface area (Å²) in [5, 5.41) is 4.01. The lowest BCUT2D eigenvalue weighted by Gasteiger charge is -2.16. The van der Waals surface area contributed by atoms with Crippen molar-refractivity contribution in [3.05, 3.63) is 65.9 Å². The number of rotatable bonds is 5. The summed E-state index contributed by atoms with van der Waals surface area (Å²) in [5.74, 6) is 0.848. The van der Waals surface area contributed by atoms with Crippen molar-refractivity contribution in [3.8, 4) is 0 Å². The van der Waals surface area contributed by atoms with E-state index in [0.717, 1.165) is 40.9 Å². The van der Waals surface area contributed by atoms with Gasteiger partial charge in [-0.2, -0.15) is 0 Å². The van der Waals surface area contributed by atoms with Gasteiger partial charge in [0.15, 0.2) is 0 Å². The van der Waals surface area contributed by atoms with Gasteiger partial charge in [-0.3, -0.25) is 9.59 Å². The summed E-state index contributed by atoms with van der Waals surface area (Å²) in [4.78, 5) is 26.0. The zero-order chi connectivity index (χ0) is 18.8. The van der Waals surface area contributed by atoms with Crippen LogP contribution < -0.4 is 10.2 Å². The van der Waals surface area contributed by atoms with Gasteiger partial charge in [0.2, 0.25) is 11.8 Å². The number of furan rings is 1. The highest BCUT2D eigenvalue weighted by atomic mass is 16.3. The van der Waals surface area contributed by atoms with Crippen LogP contribution in [0.15, 0.2) is 59.0 Å². The average molecular weight is 362 g/mol. The fraction of sp³-hybridized carbons (Fsp3) is 0.273. The van der Waals surface area contributed by atoms with Gasteiger partial charge in [-0.05, 0) is 43.2 Å². The molecule has 3 aromatic rings. The van der Waals surface area contributed by atoms with Gasteiger partial charge in [0.25, 0.3) is 0 Å². The van der Waals surface area contributed by atoms with E-state index in [1.807, 2.05) is 61.5 Å². The van der Waals surface area contributed by atoms with E-state index >= 15 is 0 Å². The summed E-state index contributed by atoms with van der Waals surface area (Å²) in [6.45, 7) is 2.69. The topological polar surface area (TPSA) is 62.6 Å². The van der Waals surface area contributed by atoms with Crippen LogP contribution in [-0.4, -0.2) is 18.4 Å². The minimum atomic E-state index is -0.202. The Labute approximate surface area is 158 Å². The van der Waals surface area contributed by atoms with Crippen molar-refractivity contribution < 1.29 is 14.0 Å². The van der Waals surface area contributed by atoms with Crippen molar-refractivity contribution in [2.24, 2.45) is 0 Å². The number of carbonyl (C=O) groups is 2. The molecule has 1 aromatic heterocycles. The molecule has 1 unspecified atom stereocenters. The smallest absolute Gasteiger partial charge is 0.227 e. The van der Waals surface area contributed by atoms with E-state index in [0.29, 0.717) is 12.8 Å². The van der Waals surface area contributed by atoms with Crippen molar-refractivity contribution in [2.45, 2.75) is 32.2 Å². The fourth-order valence-electron chi connectivity index (χ4n) is 3.48. The van der Waals surface area contributed by atoms with Crippen molar-refractivity contribution in [1.29, 1.82) is 0 Å². The zero-order valence-corrected chi connectivity index (χ0v) is 15.3. The van der Waals surface area contributed by atoms with Crippen LogP contribution in [0.5, 0.6) is 0 Å². The Bertz CT molecular complexity index is 942. The lowest BCUT2D eigenvalue weighted by Crippen LogP contribution is -2.28. The Morgan fingerprint density at radius 1 is 1.19 bits per heavy atom. The normalized spacial score (nSPS) is 15.3. The number of carbonyl (C=O) groups excluding carboxylic acids is 2. The minimum absolute atomic E-state index is 0.0621. The molecule has 2 heterocycles. The number of benzene rings is 2. The second kappa shape index (κ2) is 7.27. The molecule has 0 aliphatic carbocycles. The summed E-state index contributed by atoms with van der Waals surface area (Å²) >= 11 is 0. The summed E-state index contributed by atoms with van der Waals surface area (Å²) in [6.07, 6.45) is 1.81. The molecule has 4 rings (SSSR count). The molecule has 1 atom stereocenters. The molecule has 5 nitrogen and oxygen atoms in total. The first-order valence-corrected chi connectivity index (χ1v) is 9.27. The largest absolute Gasteiger partial charge is 0.459 e. The number of hydrogen-bond acceptors (Lipinski definition) is 3. The highest BCUT2D eigenvalue weighted by Gasteiger charge is 2.21. The molecular weight excluding hydrogens is 340 g/mol. The third kappa shape index (κ3) is 3.72. The summed E-state index contributed by atoms with van der Waals surface area (Å²) in [7, 11) is 0. The van der Waals surface area contributed by atoms with E-state index in [1.54, 1.807) is 4.90 Å². The molecule has 2 amide bonds. The molecule has 27 heavy (non-hydrogen) atoms. The second-order valence-electron chi connectivity index (χ2n) is 6.97. The molecule has 5 heteroatoms. The van der Waals surface area contributed by atoms with Crippen LogP contribution in [0, 0.1) is 0 Å². The lowest BCUT2D eigenvalue weighted by atomic mass is 10.1. The average Bonchev–Trinajstić information content (AvgIpc) is 3.28. The van der Waals surface area contributed by atoms with Crippen molar-refractivity contribution >= 4 is 28.5 Å². The SMILES string of the molecule is CC(NC(=O)Cc1ccc(N2CCCC2=O)cc1)c1cc2ccccc2o1. The number of para-hydroxylation sites is 1. The Morgan fingerprint density at radius 2 is 1.96 bits per heavy atom. The van der Waals surface area contributed by atoms with Gasteiger partial charge in [0.05, 0.1) is 12.5 Å². The van der Waals surface area contributed by atoms with Gasteiger partial charge in [-0.15, -0.1) is 0 Å². The maximum Gasteiger partial charge on any atom is 0.227 e. The van der Waals surface area contributed by atoms with Crippen molar-refractivity contribution in [2.75, 3.05) is 11.4 Å². The molecule has 0 bridgehead atoms. The van der Waals surface area contributed by atoms with E-state index in [1.165, 1.54) is 0 Å². The fourth-order valence-corrected chi connectivity index (χ4v) is 3.48. The molecular formula is C22H22N2O3. The Hall–Kier alpha value is -3.08. The Morgan fingerprint density at radius 3 is 2.67 bits per heavy atom. The molecule has 1 aliphatic heterocycles. The predicted molar refractivity (Wildman–Crippen MR) is 105 cm³/mol. The molecule has 0 radical (unpaired) electrons. The number of anilines is 1. The van der Waals surface area contributed by atoms with Gasteiger partial charge in [-0.25, -0.2) is 0 Å². The zero-order valence-electron chi connectivity index (χ0n) is 15.3. The molecule has 138 valence electrons. The van der Waals surface area contributed by atoms with E-state index in [9.17, 15) is 9.59 Å². The molecule has 0 saturated carbocycles. The van der Waals surface area contributed by atoms with Crippen LogP contribution >= 0.6 is 0 Å². The van der Waals surface area contributed by atoms with E-state index in [-0.39, 0.29) is 17.9 Å². The number of nitrogens with one attached hydrogen (secondary N) is 1. The van der Waals surface area contributed by atoms with Gasteiger partial charge in [0, 0.05) is 24.0 Å². The second-order valence-corrected chi connectivity index (χ2v) is 6.97. The Kier molecular flexibility index (Phi) is 4.67. The van der Waals surface area contributed by atoms with E-state index in [2.05, 4.69) is 5.32 Å². The van der Waals surface area contributed by atoms with Crippen LogP contribution in [0.1, 0.15) is 37.1 Å². The van der Waals surface area contributed by atoms with Gasteiger partial charge in [-0.1, -0.05) is 30.3 Å². The van der Waals surface area contributed by atoms with E-state index in [4.69, 9.17) is 4.42 Å². The third-order valence-corrected chi connectivity index (χ3v) is 4.93. The number of fused-ring (bicyclic) bond motifs is 1. The predicted octanol–water partition coefficient (Wildman–Crippen LogP) is 3.98. The number of hydrogen-bond donors (Lipinski definition) is 1. The van der Waals surface area contributed by atoms with Crippen LogP contribution in [0.2, 0.25) is 0 Å². The molecule has 0 spiro atoms. The molecule has 1 N–H and O–H groups in total. The maximum absolute atomic E-state index is 12.4. The van der Waals surface area contributed by atoms with Crippen LogP contribution in [0.25, 0.3) is 11.0 Å². The first-order chi connectivity index (χ1) is 13.1. The van der Waals surface area contributed by atoms with Crippen molar-refractivity contribution in [3.63, 3.8) is 0 Å². The van der Waals surface area contributed by atoms with Crippen LogP contribution in [0.3, 0.4) is 0 Å². The number of amides is 2. The summed E-state index contributed by atoms with van der Waals surface area (Å²) in [5.41, 5.74) is 2.64. The highest BCUT2D eigenvalue weighted by Crippen LogP contribution is 2.24. The first kappa shape index (κ1) is 17.3. The number of nitrogens with zero attached hydrogens (tertiary/aromatic N) is 1. The van der Waals surface area contributed by atoms with Crippen LogP contribution in [-0.2, 0) is 16.0 Å². The molecule has 1 aliphatic rings. The maximum atomic E-state index is 12.4. The van der Waals surface area contributed by atoms with Gasteiger partial charge >= 0.3 is 0 Å². The summed E-state index contributed by atoms with van der Waals surface area (Å²) in [6, 6.07) is 17.2.